The number of H-pyrrole nitrogens is 1. The molecule has 4 heterocycles. The Morgan fingerprint density at radius 2 is 1.82 bits per heavy atom. The van der Waals surface area contributed by atoms with Crippen LogP contribution in [-0.4, -0.2) is 100 Å². The number of nitrogens with zero attached hydrogens (tertiary/aromatic N) is 7. The molecule has 10 nitrogen and oxygen atoms in total. The third-order valence-corrected chi connectivity index (χ3v) is 9.83. The van der Waals surface area contributed by atoms with Gasteiger partial charge in [-0.25, -0.2) is 14.2 Å². The zero-order valence-electron chi connectivity index (χ0n) is 26.9. The van der Waals surface area contributed by atoms with Crippen LogP contribution >= 0.6 is 34.2 Å². The predicted octanol–water partition coefficient (Wildman–Crippen LogP) is 6.46. The molecule has 0 aliphatic carbocycles. The Morgan fingerprint density at radius 1 is 1.11 bits per heavy atom. The quantitative estimate of drug-likeness (QED) is 0.238. The molecule has 2 aliphatic rings. The van der Waals surface area contributed by atoms with Crippen LogP contribution in [-0.2, 0) is 4.74 Å². The van der Waals surface area contributed by atoms with Crippen molar-refractivity contribution < 1.29 is 13.9 Å². The van der Waals surface area contributed by atoms with Gasteiger partial charge in [0.05, 0.1) is 10.5 Å². The van der Waals surface area contributed by atoms with E-state index in [9.17, 15) is 4.79 Å². The second kappa shape index (κ2) is 11.7. The number of likely N-dealkylation sites (N-methyl/N-ethyl adjacent to an activating group) is 1. The van der Waals surface area contributed by atoms with Crippen molar-refractivity contribution in [2.45, 2.75) is 65.3 Å². The van der Waals surface area contributed by atoms with Crippen LogP contribution in [0, 0.1) is 16.4 Å². The molecule has 45 heavy (non-hydrogen) atoms. The second-order valence-corrected chi connectivity index (χ2v) is 15.0. The number of nitrogens with one attached hydrogen (secondary N) is 1. The van der Waals surface area contributed by atoms with Gasteiger partial charge in [0, 0.05) is 66.2 Å². The van der Waals surface area contributed by atoms with E-state index in [2.05, 4.69) is 61.6 Å². The Hall–Kier alpha value is -2.97. The zero-order chi connectivity index (χ0) is 32.5. The molecule has 0 bridgehead atoms. The van der Waals surface area contributed by atoms with E-state index in [1.54, 1.807) is 11.0 Å². The molecule has 2 aliphatic heterocycles. The molecule has 2 aromatic heterocycles. The molecule has 4 aromatic rings. The number of fused-ring (bicyclic) bond motifs is 2. The molecule has 6 rings (SSSR count). The highest BCUT2D eigenvalue weighted by atomic mass is 127. The van der Waals surface area contributed by atoms with Crippen LogP contribution in [0.2, 0.25) is 5.02 Å². The third-order valence-electron chi connectivity index (χ3n) is 8.75. The summed E-state index contributed by atoms with van der Waals surface area (Å²) in [4.78, 5) is 31.1. The Kier molecular flexibility index (Phi) is 8.30. The molecule has 2 atom stereocenters. The molecule has 0 spiro atoms. The average Bonchev–Trinajstić information content (AvgIpc) is 3.29. The Labute approximate surface area is 281 Å². The number of carbonyl (C=O) groups excluding carboxylic acids is 1. The first-order valence-electron chi connectivity index (χ1n) is 15.2. The second-order valence-electron chi connectivity index (χ2n) is 13.5. The van der Waals surface area contributed by atoms with Crippen molar-refractivity contribution in [1.82, 2.24) is 30.0 Å². The first kappa shape index (κ1) is 32.0. The van der Waals surface area contributed by atoms with Gasteiger partial charge in [0.1, 0.15) is 20.6 Å². The third kappa shape index (κ3) is 5.78. The SMILES string of the molecule is Cc1ccc2n[nH]c(I)c2c1-c1c(Cl)cc2c(N3CC(C)N(C(=O)OC(C)(C)C)CC3C)nc(N3CC(N(C)C)C3)nc2c1F. The van der Waals surface area contributed by atoms with Gasteiger partial charge in [-0.1, -0.05) is 17.7 Å². The van der Waals surface area contributed by atoms with Gasteiger partial charge < -0.3 is 24.3 Å². The summed E-state index contributed by atoms with van der Waals surface area (Å²) in [5, 5.41) is 9.04. The minimum atomic E-state index is -0.597. The molecule has 1 amide bonds. The number of benzene rings is 2. The fraction of sp³-hybridized carbons (Fsp3) is 0.500. The Bertz CT molecular complexity index is 1800. The van der Waals surface area contributed by atoms with Crippen molar-refractivity contribution in [3.63, 3.8) is 0 Å². The van der Waals surface area contributed by atoms with E-state index in [1.165, 1.54) is 0 Å². The molecule has 1 N–H and O–H groups in total. The summed E-state index contributed by atoms with van der Waals surface area (Å²) in [6.07, 6.45) is -0.345. The van der Waals surface area contributed by atoms with Gasteiger partial charge in [0.2, 0.25) is 5.95 Å². The fourth-order valence-corrected chi connectivity index (χ4v) is 7.15. The molecule has 0 radical (unpaired) electrons. The van der Waals surface area contributed by atoms with Crippen molar-refractivity contribution in [2.24, 2.45) is 0 Å². The fourth-order valence-electron chi connectivity index (χ4n) is 6.20. The number of aryl methyl sites for hydroxylation is 1. The highest BCUT2D eigenvalue weighted by Gasteiger charge is 2.38. The van der Waals surface area contributed by atoms with Crippen molar-refractivity contribution in [2.75, 3.05) is 50.1 Å². The van der Waals surface area contributed by atoms with E-state index in [0.29, 0.717) is 47.4 Å². The first-order valence-corrected chi connectivity index (χ1v) is 16.6. The van der Waals surface area contributed by atoms with Crippen LogP contribution in [0.3, 0.4) is 0 Å². The average molecular weight is 749 g/mol. The summed E-state index contributed by atoms with van der Waals surface area (Å²) in [7, 11) is 4.10. The lowest BCUT2D eigenvalue weighted by molar-refractivity contribution is 0.0130. The van der Waals surface area contributed by atoms with Crippen LogP contribution in [0.1, 0.15) is 40.2 Å². The normalized spacial score (nSPS) is 19.6. The van der Waals surface area contributed by atoms with Gasteiger partial charge in [0.25, 0.3) is 0 Å². The maximum Gasteiger partial charge on any atom is 0.410 e. The number of carbonyl (C=O) groups is 1. The number of aromatic amines is 1. The summed E-state index contributed by atoms with van der Waals surface area (Å²) < 4.78 is 23.6. The van der Waals surface area contributed by atoms with Gasteiger partial charge in [-0.15, -0.1) is 0 Å². The summed E-state index contributed by atoms with van der Waals surface area (Å²) in [6.45, 7) is 14.0. The smallest absolute Gasteiger partial charge is 0.410 e. The largest absolute Gasteiger partial charge is 0.444 e. The molecule has 2 saturated heterocycles. The van der Waals surface area contributed by atoms with E-state index in [0.717, 1.165) is 33.3 Å². The van der Waals surface area contributed by atoms with Crippen LogP contribution in [0.4, 0.5) is 21.0 Å². The van der Waals surface area contributed by atoms with Gasteiger partial charge in [-0.05, 0) is 95.9 Å². The molecule has 13 heteroatoms. The Morgan fingerprint density at radius 3 is 2.49 bits per heavy atom. The number of aromatic nitrogens is 4. The van der Waals surface area contributed by atoms with Crippen molar-refractivity contribution in [3.8, 4) is 11.1 Å². The van der Waals surface area contributed by atoms with Crippen molar-refractivity contribution in [3.05, 3.63) is 38.3 Å². The number of anilines is 2. The topological polar surface area (TPSA) is 93.7 Å². The van der Waals surface area contributed by atoms with Gasteiger partial charge in [-0.3, -0.25) is 5.10 Å². The van der Waals surface area contributed by atoms with E-state index in [1.807, 2.05) is 53.7 Å². The maximum atomic E-state index is 17.1. The lowest BCUT2D eigenvalue weighted by Gasteiger charge is -2.46. The number of rotatable bonds is 4. The van der Waals surface area contributed by atoms with Crippen LogP contribution in [0.15, 0.2) is 18.2 Å². The number of piperazine rings is 1. The lowest BCUT2D eigenvalue weighted by Crippen LogP contribution is -2.59. The van der Waals surface area contributed by atoms with E-state index >= 15 is 4.39 Å². The number of amides is 1. The van der Waals surface area contributed by atoms with Crippen LogP contribution in [0.25, 0.3) is 32.9 Å². The monoisotopic (exact) mass is 748 g/mol. The van der Waals surface area contributed by atoms with Crippen LogP contribution in [0.5, 0.6) is 0 Å². The van der Waals surface area contributed by atoms with E-state index < -0.39 is 11.4 Å². The Balaban J connectivity index is 1.49. The summed E-state index contributed by atoms with van der Waals surface area (Å²) in [5.74, 6) is 0.587. The number of ether oxygens (including phenoxy) is 1. The number of hydrogen-bond donors (Lipinski definition) is 1. The minimum Gasteiger partial charge on any atom is -0.444 e. The molecule has 0 saturated carbocycles. The summed E-state index contributed by atoms with van der Waals surface area (Å²) in [5.41, 5.74) is 2.23. The van der Waals surface area contributed by atoms with E-state index in [-0.39, 0.29) is 28.7 Å². The van der Waals surface area contributed by atoms with Gasteiger partial charge in [-0.2, -0.15) is 10.1 Å². The minimum absolute atomic E-state index is 0.129. The standard InChI is InChI=1S/C32H39ClFIN8O2/c1-16-9-10-22-25(28(35)39-38-22)23(16)24-21(33)11-20-27(26(24)34)36-30(41-14-19(15-41)40(7)8)37-29(20)42-12-18(3)43(13-17(42)2)31(44)45-32(4,5)6/h9-11,17-19H,12-15H2,1-8H3,(H,38,39). The highest BCUT2D eigenvalue weighted by Crippen LogP contribution is 2.44. The molecular formula is C32H39ClFIN8O2. The van der Waals surface area contributed by atoms with Crippen molar-refractivity contribution in [1.29, 1.82) is 0 Å². The molecular weight excluding hydrogens is 710 g/mol. The van der Waals surface area contributed by atoms with Crippen molar-refractivity contribution >= 4 is 73.9 Å². The maximum absolute atomic E-state index is 17.1. The zero-order valence-corrected chi connectivity index (χ0v) is 29.8. The lowest BCUT2D eigenvalue weighted by atomic mass is 9.95. The van der Waals surface area contributed by atoms with Crippen LogP contribution < -0.4 is 9.80 Å². The molecule has 240 valence electrons. The highest BCUT2D eigenvalue weighted by molar-refractivity contribution is 14.1. The first-order chi connectivity index (χ1) is 21.1. The van der Waals surface area contributed by atoms with Gasteiger partial charge in [0.15, 0.2) is 5.82 Å². The number of hydrogen-bond acceptors (Lipinski definition) is 8. The van der Waals surface area contributed by atoms with Gasteiger partial charge >= 0.3 is 6.09 Å². The predicted molar refractivity (Wildman–Crippen MR) is 186 cm³/mol. The summed E-state index contributed by atoms with van der Waals surface area (Å²) in [6, 6.07) is 5.70. The number of halogens is 3. The summed E-state index contributed by atoms with van der Waals surface area (Å²) >= 11 is 9.18. The molecule has 2 unspecified atom stereocenters. The van der Waals surface area contributed by atoms with E-state index in [4.69, 9.17) is 26.3 Å². The molecule has 2 fully saturated rings. The molecule has 2 aromatic carbocycles.